The molecule has 1 aliphatic rings. The third-order valence-corrected chi connectivity index (χ3v) is 3.41. The van der Waals surface area contributed by atoms with Crippen molar-refractivity contribution in [2.24, 2.45) is 11.3 Å². The highest BCUT2D eigenvalue weighted by molar-refractivity contribution is 4.90. The maximum Gasteiger partial charge on any atom is 0.0697 e. The van der Waals surface area contributed by atoms with Gasteiger partial charge in [0, 0.05) is 6.54 Å². The molecule has 0 saturated carbocycles. The SMILES string of the molecule is CC1CNCCC1(O)CCC(C)(C)C. The van der Waals surface area contributed by atoms with E-state index in [2.05, 4.69) is 33.0 Å². The predicted octanol–water partition coefficient (Wildman–Crippen LogP) is 2.17. The largest absolute Gasteiger partial charge is 0.390 e. The van der Waals surface area contributed by atoms with E-state index in [1.165, 1.54) is 0 Å². The third-order valence-electron chi connectivity index (χ3n) is 3.41. The van der Waals surface area contributed by atoms with Crippen molar-refractivity contribution in [3.63, 3.8) is 0 Å². The van der Waals surface area contributed by atoms with E-state index in [4.69, 9.17) is 0 Å². The van der Waals surface area contributed by atoms with Crippen LogP contribution in [0.4, 0.5) is 0 Å². The van der Waals surface area contributed by atoms with Gasteiger partial charge in [0.05, 0.1) is 5.60 Å². The fourth-order valence-corrected chi connectivity index (χ4v) is 2.02. The zero-order chi connectivity index (χ0) is 10.8. The van der Waals surface area contributed by atoms with Crippen LogP contribution in [0.2, 0.25) is 0 Å². The number of aliphatic hydroxyl groups is 1. The lowest BCUT2D eigenvalue weighted by molar-refractivity contribution is -0.0475. The van der Waals surface area contributed by atoms with Gasteiger partial charge < -0.3 is 10.4 Å². The van der Waals surface area contributed by atoms with Gasteiger partial charge in [-0.05, 0) is 37.1 Å². The monoisotopic (exact) mass is 199 g/mol. The molecule has 1 rings (SSSR count). The maximum absolute atomic E-state index is 10.5. The normalized spacial score (nSPS) is 34.5. The molecule has 0 aromatic carbocycles. The first-order chi connectivity index (χ1) is 6.33. The summed E-state index contributed by atoms with van der Waals surface area (Å²) in [7, 11) is 0. The minimum atomic E-state index is -0.418. The predicted molar refractivity (Wildman–Crippen MR) is 60.3 cm³/mol. The van der Waals surface area contributed by atoms with Crippen LogP contribution in [-0.2, 0) is 0 Å². The van der Waals surface area contributed by atoms with Crippen LogP contribution in [0.1, 0.15) is 47.0 Å². The summed E-state index contributed by atoms with van der Waals surface area (Å²) in [5.74, 6) is 0.388. The Bertz CT molecular complexity index is 185. The summed E-state index contributed by atoms with van der Waals surface area (Å²) in [5.41, 5.74) is -0.0845. The van der Waals surface area contributed by atoms with Crippen molar-refractivity contribution < 1.29 is 5.11 Å². The zero-order valence-corrected chi connectivity index (χ0v) is 10.1. The number of piperidine rings is 1. The first-order valence-corrected chi connectivity index (χ1v) is 5.77. The molecule has 2 atom stereocenters. The average Bonchev–Trinajstić information content (AvgIpc) is 2.06. The molecule has 0 aromatic rings. The molecule has 0 bridgehead atoms. The molecule has 0 radical (unpaired) electrons. The standard InChI is InChI=1S/C12H25NO/c1-10-9-13-8-7-12(10,14)6-5-11(2,3)4/h10,13-14H,5-9H2,1-4H3. The smallest absolute Gasteiger partial charge is 0.0697 e. The fraction of sp³-hybridized carbons (Fsp3) is 1.00. The van der Waals surface area contributed by atoms with Crippen LogP contribution in [0.25, 0.3) is 0 Å². The van der Waals surface area contributed by atoms with Crippen LogP contribution >= 0.6 is 0 Å². The van der Waals surface area contributed by atoms with E-state index in [0.29, 0.717) is 11.3 Å². The second kappa shape index (κ2) is 4.19. The van der Waals surface area contributed by atoms with Crippen LogP contribution in [0, 0.1) is 11.3 Å². The average molecular weight is 199 g/mol. The van der Waals surface area contributed by atoms with E-state index >= 15 is 0 Å². The fourth-order valence-electron chi connectivity index (χ4n) is 2.02. The van der Waals surface area contributed by atoms with E-state index in [1.807, 2.05) is 0 Å². The Hall–Kier alpha value is -0.0800. The highest BCUT2D eigenvalue weighted by atomic mass is 16.3. The molecular formula is C12H25NO. The molecule has 0 aromatic heterocycles. The topological polar surface area (TPSA) is 32.3 Å². The van der Waals surface area contributed by atoms with Crippen molar-refractivity contribution in [2.75, 3.05) is 13.1 Å². The van der Waals surface area contributed by atoms with Gasteiger partial charge in [0.15, 0.2) is 0 Å². The van der Waals surface area contributed by atoms with E-state index < -0.39 is 5.60 Å². The number of hydrogen-bond acceptors (Lipinski definition) is 2. The van der Waals surface area contributed by atoms with Gasteiger partial charge in [-0.15, -0.1) is 0 Å². The van der Waals surface area contributed by atoms with Crippen molar-refractivity contribution in [3.8, 4) is 0 Å². The second-order valence-corrected chi connectivity index (χ2v) is 6.02. The third kappa shape index (κ3) is 3.25. The van der Waals surface area contributed by atoms with Crippen LogP contribution < -0.4 is 5.32 Å². The van der Waals surface area contributed by atoms with Crippen LogP contribution in [0.15, 0.2) is 0 Å². The zero-order valence-electron chi connectivity index (χ0n) is 10.1. The van der Waals surface area contributed by atoms with Crippen molar-refractivity contribution in [2.45, 2.75) is 52.6 Å². The van der Waals surface area contributed by atoms with E-state index in [9.17, 15) is 5.11 Å². The molecule has 0 amide bonds. The molecule has 14 heavy (non-hydrogen) atoms. The summed E-state index contributed by atoms with van der Waals surface area (Å²) >= 11 is 0. The van der Waals surface area contributed by atoms with Crippen molar-refractivity contribution in [1.29, 1.82) is 0 Å². The van der Waals surface area contributed by atoms with E-state index in [-0.39, 0.29) is 0 Å². The molecule has 1 aliphatic heterocycles. The van der Waals surface area contributed by atoms with Crippen LogP contribution in [-0.4, -0.2) is 23.8 Å². The van der Waals surface area contributed by atoms with Crippen molar-refractivity contribution in [1.82, 2.24) is 5.32 Å². The molecule has 2 heteroatoms. The molecule has 0 aliphatic carbocycles. The molecule has 2 N–H and O–H groups in total. The Balaban J connectivity index is 2.47. The van der Waals surface area contributed by atoms with E-state index in [0.717, 1.165) is 32.4 Å². The lowest BCUT2D eigenvalue weighted by Gasteiger charge is -2.40. The van der Waals surface area contributed by atoms with Gasteiger partial charge in [-0.2, -0.15) is 0 Å². The molecule has 0 spiro atoms. The van der Waals surface area contributed by atoms with E-state index in [1.54, 1.807) is 0 Å². The highest BCUT2D eigenvalue weighted by Gasteiger charge is 2.36. The Morgan fingerprint density at radius 2 is 2.07 bits per heavy atom. The van der Waals surface area contributed by atoms with Gasteiger partial charge in [0.2, 0.25) is 0 Å². The summed E-state index contributed by atoms with van der Waals surface area (Å²) in [6.45, 7) is 10.8. The molecule has 1 saturated heterocycles. The summed E-state index contributed by atoms with van der Waals surface area (Å²) in [6.07, 6.45) is 2.96. The number of hydrogen-bond donors (Lipinski definition) is 2. The number of nitrogens with one attached hydrogen (secondary N) is 1. The van der Waals surface area contributed by atoms with Gasteiger partial charge in [-0.25, -0.2) is 0 Å². The molecule has 1 fully saturated rings. The first-order valence-electron chi connectivity index (χ1n) is 5.77. The quantitative estimate of drug-likeness (QED) is 0.714. The second-order valence-electron chi connectivity index (χ2n) is 6.02. The van der Waals surface area contributed by atoms with Crippen molar-refractivity contribution >= 4 is 0 Å². The van der Waals surface area contributed by atoms with Gasteiger partial charge >= 0.3 is 0 Å². The van der Waals surface area contributed by atoms with Gasteiger partial charge in [-0.1, -0.05) is 27.7 Å². The summed E-state index contributed by atoms with van der Waals surface area (Å²) in [4.78, 5) is 0. The van der Waals surface area contributed by atoms with Gasteiger partial charge in [-0.3, -0.25) is 0 Å². The molecule has 2 nitrogen and oxygen atoms in total. The maximum atomic E-state index is 10.5. The highest BCUT2D eigenvalue weighted by Crippen LogP contribution is 2.33. The lowest BCUT2D eigenvalue weighted by atomic mass is 9.76. The molecule has 2 unspecified atom stereocenters. The molecule has 84 valence electrons. The van der Waals surface area contributed by atoms with Crippen LogP contribution in [0.5, 0.6) is 0 Å². The Morgan fingerprint density at radius 1 is 1.43 bits per heavy atom. The number of rotatable bonds is 2. The summed E-state index contributed by atoms with van der Waals surface area (Å²) in [6, 6.07) is 0. The van der Waals surface area contributed by atoms with Gasteiger partial charge in [0.1, 0.15) is 0 Å². The summed E-state index contributed by atoms with van der Waals surface area (Å²) < 4.78 is 0. The van der Waals surface area contributed by atoms with Crippen LogP contribution in [0.3, 0.4) is 0 Å². The lowest BCUT2D eigenvalue weighted by Crippen LogP contribution is -2.49. The molecular weight excluding hydrogens is 174 g/mol. The Morgan fingerprint density at radius 3 is 2.57 bits per heavy atom. The first kappa shape index (κ1) is 12.0. The van der Waals surface area contributed by atoms with Gasteiger partial charge in [0.25, 0.3) is 0 Å². The molecule has 1 heterocycles. The Kier molecular flexibility index (Phi) is 3.59. The summed E-state index contributed by atoms with van der Waals surface area (Å²) in [5, 5.41) is 13.8. The van der Waals surface area contributed by atoms with Crippen molar-refractivity contribution in [3.05, 3.63) is 0 Å². The minimum absolute atomic E-state index is 0.334. The minimum Gasteiger partial charge on any atom is -0.390 e. The Labute approximate surface area is 88.1 Å².